The van der Waals surface area contributed by atoms with Crippen molar-refractivity contribution in [3.8, 4) is 28.4 Å². The summed E-state index contributed by atoms with van der Waals surface area (Å²) in [6, 6.07) is 50.9. The number of fused-ring (bicyclic) bond motifs is 4. The minimum Gasteiger partial charge on any atom is -0.457 e. The third kappa shape index (κ3) is 6.77. The second kappa shape index (κ2) is 14.8. The lowest BCUT2D eigenvalue weighted by molar-refractivity contribution is 0.438. The third-order valence-electron chi connectivity index (χ3n) is 12.4. The number of hydrogen-bond donors (Lipinski definition) is 0. The van der Waals surface area contributed by atoms with E-state index in [0.717, 1.165) is 80.5 Å². The fourth-order valence-corrected chi connectivity index (χ4v) is 8.50. The SMILES string of the molecule is [C-]#[N+]c1cc(N2CN(c3cc(Oc4ccc5c6ccccc6n(-c6cc(C(C)(CC)CC)ccn6)c5c4)cc(C(C)(C)C)c3)c3ccccc32)ccc1-c1ccccc1. The minimum atomic E-state index is -0.136. The van der Waals surface area contributed by atoms with Gasteiger partial charge in [-0.25, -0.2) is 9.83 Å². The van der Waals surface area contributed by atoms with Gasteiger partial charge in [-0.3, -0.25) is 4.57 Å². The summed E-state index contributed by atoms with van der Waals surface area (Å²) in [4.78, 5) is 13.6. The van der Waals surface area contributed by atoms with E-state index in [1.165, 1.54) is 16.5 Å². The molecule has 0 atom stereocenters. The van der Waals surface area contributed by atoms with Crippen molar-refractivity contribution < 1.29 is 4.74 Å². The topological polar surface area (TPSA) is 37.9 Å². The maximum absolute atomic E-state index is 8.07. The maximum atomic E-state index is 8.07. The number of hydrogen-bond acceptors (Lipinski definition) is 4. The Morgan fingerprint density at radius 2 is 1.32 bits per heavy atom. The summed E-state index contributed by atoms with van der Waals surface area (Å²) >= 11 is 0. The first-order valence-electron chi connectivity index (χ1n) is 20.6. The maximum Gasteiger partial charge on any atom is 0.196 e. The van der Waals surface area contributed by atoms with E-state index in [-0.39, 0.29) is 10.8 Å². The van der Waals surface area contributed by atoms with Gasteiger partial charge in [0.25, 0.3) is 0 Å². The Morgan fingerprint density at radius 3 is 2.05 bits per heavy atom. The first-order valence-corrected chi connectivity index (χ1v) is 20.6. The molecule has 6 aromatic carbocycles. The molecule has 0 unspecified atom stereocenters. The van der Waals surface area contributed by atoms with Crippen molar-refractivity contribution in [2.75, 3.05) is 16.5 Å². The first-order chi connectivity index (χ1) is 28.6. The van der Waals surface area contributed by atoms with E-state index in [9.17, 15) is 0 Å². The average molecular weight is 772 g/mol. The van der Waals surface area contributed by atoms with Gasteiger partial charge in [-0.1, -0.05) is 108 Å². The van der Waals surface area contributed by atoms with Crippen molar-refractivity contribution in [1.29, 1.82) is 0 Å². The van der Waals surface area contributed by atoms with Gasteiger partial charge in [-0.2, -0.15) is 0 Å². The number of aromatic nitrogens is 2. The molecule has 6 nitrogen and oxygen atoms in total. The van der Waals surface area contributed by atoms with E-state index < -0.39 is 0 Å². The normalized spacial score (nSPS) is 12.9. The third-order valence-corrected chi connectivity index (χ3v) is 12.4. The zero-order valence-corrected chi connectivity index (χ0v) is 34.7. The lowest BCUT2D eigenvalue weighted by Gasteiger charge is -2.27. The number of pyridine rings is 1. The summed E-state index contributed by atoms with van der Waals surface area (Å²) < 4.78 is 9.18. The van der Waals surface area contributed by atoms with Crippen molar-refractivity contribution in [2.24, 2.45) is 0 Å². The smallest absolute Gasteiger partial charge is 0.196 e. The Labute approximate surface area is 347 Å². The van der Waals surface area contributed by atoms with Crippen LogP contribution in [0.4, 0.5) is 28.4 Å². The van der Waals surface area contributed by atoms with Crippen molar-refractivity contribution in [2.45, 2.75) is 65.2 Å². The molecule has 0 N–H and O–H groups in total. The molecule has 0 bridgehead atoms. The second-order valence-electron chi connectivity index (χ2n) is 16.9. The molecule has 3 heterocycles. The molecule has 0 radical (unpaired) electrons. The van der Waals surface area contributed by atoms with Crippen LogP contribution in [0.25, 0.3) is 43.6 Å². The van der Waals surface area contributed by atoms with Crippen LogP contribution < -0.4 is 14.5 Å². The quantitative estimate of drug-likeness (QED) is 0.137. The van der Waals surface area contributed by atoms with Crippen LogP contribution in [-0.2, 0) is 10.8 Å². The largest absolute Gasteiger partial charge is 0.457 e. The van der Waals surface area contributed by atoms with Gasteiger partial charge in [0.05, 0.1) is 29.0 Å². The van der Waals surface area contributed by atoms with Gasteiger partial charge in [0.2, 0.25) is 0 Å². The highest BCUT2D eigenvalue weighted by Crippen LogP contribution is 2.47. The molecule has 9 rings (SSSR count). The van der Waals surface area contributed by atoms with E-state index in [1.54, 1.807) is 0 Å². The predicted molar refractivity (Wildman–Crippen MR) is 245 cm³/mol. The summed E-state index contributed by atoms with van der Waals surface area (Å²) in [5.74, 6) is 2.44. The zero-order chi connectivity index (χ0) is 40.9. The van der Waals surface area contributed by atoms with Gasteiger partial charge in [0.1, 0.15) is 24.0 Å². The molecule has 8 aromatic rings. The molecular formula is C53H49N5O. The van der Waals surface area contributed by atoms with Gasteiger partial charge >= 0.3 is 0 Å². The molecule has 0 spiro atoms. The Kier molecular flexibility index (Phi) is 9.48. The van der Waals surface area contributed by atoms with Gasteiger partial charge < -0.3 is 14.5 Å². The van der Waals surface area contributed by atoms with Gasteiger partial charge in [0.15, 0.2) is 5.69 Å². The molecule has 0 saturated heterocycles. The molecule has 1 aliphatic heterocycles. The van der Waals surface area contributed by atoms with Crippen LogP contribution in [0.3, 0.4) is 0 Å². The zero-order valence-electron chi connectivity index (χ0n) is 34.7. The predicted octanol–water partition coefficient (Wildman–Crippen LogP) is 14.8. The van der Waals surface area contributed by atoms with Crippen molar-refractivity contribution in [3.63, 3.8) is 0 Å². The standard InChI is InChI=1S/C53H49N5O/c1-8-53(6,9-2)37-27-28-55-51(31-37)58-47-20-14-13-19-44(47)45-26-24-41(34-50(45)58)59-42-30-38(52(3,4)5)29-40(32-42)57-35-56(48-21-15-16-22-49(48)57)39-23-25-43(46(33-39)54-7)36-17-11-10-12-18-36/h10-34H,8-9,35H2,1-6H3. The van der Waals surface area contributed by atoms with E-state index in [1.807, 2.05) is 30.5 Å². The van der Waals surface area contributed by atoms with E-state index in [2.05, 4.69) is 182 Å². The van der Waals surface area contributed by atoms with E-state index in [4.69, 9.17) is 16.3 Å². The van der Waals surface area contributed by atoms with Crippen LogP contribution >= 0.6 is 0 Å². The summed E-state index contributed by atoms with van der Waals surface area (Å²) in [5.41, 5.74) is 11.4. The Balaban J connectivity index is 1.11. The van der Waals surface area contributed by atoms with Crippen molar-refractivity contribution in [3.05, 3.63) is 174 Å². The molecule has 292 valence electrons. The molecule has 1 aliphatic rings. The Morgan fingerprint density at radius 1 is 0.627 bits per heavy atom. The molecular weight excluding hydrogens is 723 g/mol. The van der Waals surface area contributed by atoms with E-state index >= 15 is 0 Å². The van der Waals surface area contributed by atoms with Gasteiger partial charge in [0, 0.05) is 40.5 Å². The average Bonchev–Trinajstić information content (AvgIpc) is 3.82. The first kappa shape index (κ1) is 37.7. The lowest BCUT2D eigenvalue weighted by Crippen LogP contribution is -2.24. The van der Waals surface area contributed by atoms with Gasteiger partial charge in [-0.05, 0) is 113 Å². The number of anilines is 4. The number of nitrogens with zero attached hydrogens (tertiary/aromatic N) is 5. The molecule has 59 heavy (non-hydrogen) atoms. The van der Waals surface area contributed by atoms with Crippen LogP contribution in [0.2, 0.25) is 0 Å². The fourth-order valence-electron chi connectivity index (χ4n) is 8.50. The molecule has 6 heteroatoms. The number of para-hydroxylation sites is 3. The lowest BCUT2D eigenvalue weighted by atomic mass is 9.78. The minimum absolute atomic E-state index is 0.0705. The van der Waals surface area contributed by atoms with E-state index in [0.29, 0.717) is 12.4 Å². The molecule has 0 saturated carbocycles. The molecule has 2 aromatic heterocycles. The number of ether oxygens (including phenoxy) is 1. The molecule has 0 amide bonds. The van der Waals surface area contributed by atoms with Crippen LogP contribution in [0.1, 0.15) is 65.5 Å². The summed E-state index contributed by atoms with van der Waals surface area (Å²) in [5, 5.41) is 2.34. The summed E-state index contributed by atoms with van der Waals surface area (Å²) in [6.07, 6.45) is 4.06. The fraction of sp³-hybridized carbons (Fsp3) is 0.208. The Hall–Kier alpha value is -6.84. The highest BCUT2D eigenvalue weighted by molar-refractivity contribution is 6.09. The number of benzene rings is 6. The van der Waals surface area contributed by atoms with Crippen molar-refractivity contribution in [1.82, 2.24) is 9.55 Å². The molecule has 0 fully saturated rings. The highest BCUT2D eigenvalue weighted by Gasteiger charge is 2.30. The van der Waals surface area contributed by atoms with Crippen LogP contribution in [0.15, 0.2) is 152 Å². The van der Waals surface area contributed by atoms with Gasteiger partial charge in [-0.15, -0.1) is 0 Å². The summed E-state index contributed by atoms with van der Waals surface area (Å²) in [6.45, 7) is 22.3. The molecule has 0 aliphatic carbocycles. The highest BCUT2D eigenvalue weighted by atomic mass is 16.5. The van der Waals surface area contributed by atoms with Crippen LogP contribution in [-0.4, -0.2) is 16.2 Å². The second-order valence-corrected chi connectivity index (χ2v) is 16.9. The Bertz CT molecular complexity index is 2890. The van der Waals surface area contributed by atoms with Crippen molar-refractivity contribution >= 4 is 50.2 Å². The number of rotatable bonds is 9. The summed E-state index contributed by atoms with van der Waals surface area (Å²) in [7, 11) is 0. The van der Waals surface area contributed by atoms with Crippen LogP contribution in [0.5, 0.6) is 11.5 Å². The monoisotopic (exact) mass is 771 g/mol. The van der Waals surface area contributed by atoms with Crippen LogP contribution in [0, 0.1) is 6.57 Å².